The van der Waals surface area contributed by atoms with Gasteiger partial charge in [0, 0.05) is 116 Å². The lowest BCUT2D eigenvalue weighted by atomic mass is 9.84. The van der Waals surface area contributed by atoms with Gasteiger partial charge >= 0.3 is 0 Å². The monoisotopic (exact) mass is 1150 g/mol. The van der Waals surface area contributed by atoms with E-state index in [-0.39, 0.29) is 76.5 Å². The number of nitrogens with zero attached hydrogens (tertiary/aromatic N) is 4. The van der Waals surface area contributed by atoms with Crippen molar-refractivity contribution in [1.82, 2.24) is 19.6 Å². The highest BCUT2D eigenvalue weighted by Crippen LogP contribution is 2.34. The summed E-state index contributed by atoms with van der Waals surface area (Å²) < 4.78 is 48.2. The Morgan fingerprint density at radius 3 is 1.00 bits per heavy atom. The van der Waals surface area contributed by atoms with Gasteiger partial charge in [0.1, 0.15) is 61.0 Å². The van der Waals surface area contributed by atoms with Crippen LogP contribution in [-0.4, -0.2) is 322 Å². The fourth-order valence-electron chi connectivity index (χ4n) is 12.3. The maximum atomic E-state index is 13.4. The van der Waals surface area contributed by atoms with E-state index in [2.05, 4.69) is 0 Å². The molecule has 462 valence electrons. The maximum Gasteiger partial charge on any atom is 0.223 e. The molecule has 0 aromatic heterocycles. The summed E-state index contributed by atoms with van der Waals surface area (Å²) in [5.74, 6) is -0.393. The number of nitrogens with two attached hydrogens (primary N) is 10. The van der Waals surface area contributed by atoms with Crippen molar-refractivity contribution >= 4 is 11.8 Å². The predicted octanol–water partition coefficient (Wildman–Crippen LogP) is -12.5. The zero-order valence-electron chi connectivity index (χ0n) is 45.1. The molecule has 0 aromatic carbocycles. The number of amides is 2. The third-order valence-corrected chi connectivity index (χ3v) is 17.3. The number of aliphatic hydroxyl groups is 8. The Morgan fingerprint density at radius 2 is 0.688 bits per heavy atom. The van der Waals surface area contributed by atoms with Crippen LogP contribution in [0.25, 0.3) is 0 Å². The number of rotatable bonds is 17. The van der Waals surface area contributed by atoms with Gasteiger partial charge in [-0.1, -0.05) is 0 Å². The van der Waals surface area contributed by atoms with E-state index in [1.54, 1.807) is 9.80 Å². The molecule has 28 N–H and O–H groups in total. The average Bonchev–Trinajstić information content (AvgIpc) is 3.47. The van der Waals surface area contributed by atoms with Crippen LogP contribution < -0.4 is 57.3 Å². The number of ether oxygens (including phenoxy) is 8. The molecular formula is C48H92N14O18. The van der Waals surface area contributed by atoms with Gasteiger partial charge in [-0.2, -0.15) is 0 Å². The van der Waals surface area contributed by atoms with E-state index in [9.17, 15) is 50.4 Å². The standard InChI is InChI=1S/C48H92N14O18/c49-15-27-25(63)13-23(55)45(73-27)77-41-19(51)11-21(53)43(39(41)71)79-47-37(69)33(57)35(67)29(75-47)17-59-3-7-61(8-4-59)31(65)1-2-32(66)62-9-5-60(6-10-62)18-30-36(68)34(58)38(70)48(76-30)80-44-22(54)12-20(52)42(40(44)72)78-46-24(56)14-26(64)28(16-50)74-46/h19-30,33-48,63-64,67-72H,1-18,49-58H2. The smallest absolute Gasteiger partial charge is 0.223 e. The van der Waals surface area contributed by atoms with Gasteiger partial charge in [-0.15, -0.1) is 0 Å². The third kappa shape index (κ3) is 14.5. The van der Waals surface area contributed by atoms with E-state index in [0.717, 1.165) is 0 Å². The second-order valence-corrected chi connectivity index (χ2v) is 23.1. The predicted molar refractivity (Wildman–Crippen MR) is 278 cm³/mol. The number of hydrogen-bond acceptors (Lipinski definition) is 30. The molecule has 2 amide bonds. The highest BCUT2D eigenvalue weighted by Gasteiger charge is 2.53. The van der Waals surface area contributed by atoms with Gasteiger partial charge in [0.05, 0.1) is 60.8 Å². The molecule has 0 spiro atoms. The van der Waals surface area contributed by atoms with Gasteiger partial charge in [0.2, 0.25) is 11.8 Å². The zero-order chi connectivity index (χ0) is 58.0. The summed E-state index contributed by atoms with van der Waals surface area (Å²) in [6, 6.07) is -7.06. The lowest BCUT2D eigenvalue weighted by molar-refractivity contribution is -0.313. The van der Waals surface area contributed by atoms with Crippen LogP contribution in [0, 0.1) is 0 Å². The van der Waals surface area contributed by atoms with Crippen LogP contribution in [0.5, 0.6) is 0 Å². The van der Waals surface area contributed by atoms with Crippen LogP contribution in [-0.2, 0) is 47.5 Å². The quantitative estimate of drug-likeness (QED) is 0.0643. The molecule has 0 bridgehead atoms. The summed E-state index contributed by atoms with van der Waals surface area (Å²) in [6.07, 6.45) is -22.5. The topological polar surface area (TPSA) is 543 Å². The second-order valence-electron chi connectivity index (χ2n) is 23.1. The van der Waals surface area contributed by atoms with Crippen LogP contribution >= 0.6 is 0 Å². The Hall–Kier alpha value is -2.18. The first-order valence-electron chi connectivity index (χ1n) is 28.1. The summed E-state index contributed by atoms with van der Waals surface area (Å²) in [7, 11) is 0. The minimum absolute atomic E-state index is 0.0102. The molecule has 2 saturated carbocycles. The fourth-order valence-corrected chi connectivity index (χ4v) is 12.3. The first-order valence-corrected chi connectivity index (χ1v) is 28.1. The van der Waals surface area contributed by atoms with Crippen LogP contribution in [0.2, 0.25) is 0 Å². The van der Waals surface area contributed by atoms with Crippen LogP contribution in [0.4, 0.5) is 0 Å². The number of piperazine rings is 2. The van der Waals surface area contributed by atoms with Crippen LogP contribution in [0.15, 0.2) is 0 Å². The maximum absolute atomic E-state index is 13.4. The molecule has 8 rings (SSSR count). The van der Waals surface area contributed by atoms with Crippen molar-refractivity contribution < 1.29 is 88.3 Å². The van der Waals surface area contributed by atoms with E-state index in [1.165, 1.54) is 0 Å². The van der Waals surface area contributed by atoms with E-state index in [4.69, 9.17) is 95.2 Å². The Bertz CT molecular complexity index is 1850. The largest absolute Gasteiger partial charge is 0.390 e. The zero-order valence-corrected chi connectivity index (χ0v) is 45.1. The Labute approximate surface area is 464 Å². The number of aliphatic hydroxyl groups excluding tert-OH is 8. The van der Waals surface area contributed by atoms with Crippen molar-refractivity contribution in [3.8, 4) is 0 Å². The Kier molecular flexibility index (Phi) is 22.3. The second kappa shape index (κ2) is 27.9. The molecule has 6 saturated heterocycles. The Morgan fingerprint density at radius 1 is 0.388 bits per heavy atom. The van der Waals surface area contributed by atoms with E-state index in [0.29, 0.717) is 52.4 Å². The van der Waals surface area contributed by atoms with Crippen molar-refractivity contribution in [2.75, 3.05) is 78.5 Å². The minimum Gasteiger partial charge on any atom is -0.390 e. The molecule has 80 heavy (non-hydrogen) atoms. The van der Waals surface area contributed by atoms with Gasteiger partial charge < -0.3 is 146 Å². The first kappa shape index (κ1) is 63.8. The highest BCUT2D eigenvalue weighted by atomic mass is 16.7. The van der Waals surface area contributed by atoms with Gasteiger partial charge in [-0.3, -0.25) is 19.4 Å². The molecule has 28 atom stereocenters. The minimum atomic E-state index is -1.51. The van der Waals surface area contributed by atoms with Crippen molar-refractivity contribution in [1.29, 1.82) is 0 Å². The van der Waals surface area contributed by atoms with Crippen LogP contribution in [0.1, 0.15) is 38.5 Å². The number of carbonyl (C=O) groups is 2. The summed E-state index contributed by atoms with van der Waals surface area (Å²) in [6.45, 7) is 3.28. The third-order valence-electron chi connectivity index (χ3n) is 17.3. The Balaban J connectivity index is 0.754. The normalized spacial score (nSPS) is 47.5. The molecule has 32 nitrogen and oxygen atoms in total. The molecule has 0 aromatic rings. The van der Waals surface area contributed by atoms with E-state index >= 15 is 0 Å². The summed E-state index contributed by atoms with van der Waals surface area (Å²) in [5.41, 5.74) is 62.1. The lowest BCUT2D eigenvalue weighted by Crippen LogP contribution is -2.68. The lowest BCUT2D eigenvalue weighted by Gasteiger charge is -2.48. The number of carbonyl (C=O) groups excluding carboxylic acids is 2. The fraction of sp³-hybridized carbons (Fsp3) is 0.958. The van der Waals surface area contributed by atoms with Crippen molar-refractivity contribution in [2.24, 2.45) is 57.3 Å². The van der Waals surface area contributed by atoms with Gasteiger partial charge in [0.15, 0.2) is 25.2 Å². The van der Waals surface area contributed by atoms with Gasteiger partial charge in [0.25, 0.3) is 0 Å². The molecule has 8 aliphatic rings. The van der Waals surface area contributed by atoms with Gasteiger partial charge in [-0.05, 0) is 25.7 Å². The molecule has 2 aliphatic carbocycles. The van der Waals surface area contributed by atoms with Crippen molar-refractivity contribution in [2.45, 2.75) is 210 Å². The SMILES string of the molecule is NCC1OC(OC2C(N)CC(N)C(OC3OC(CN4CCN(C(=O)CCC(=O)N5CCN(CC6OC(OC7C(N)CC(N)C(OC8OC(CN)C(O)CC8N)C7O)C(O)C(N)C6O)CC5)CC4)C(O)C(N)C3O)C2O)C(N)CC1O. The van der Waals surface area contributed by atoms with Crippen molar-refractivity contribution in [3.05, 3.63) is 0 Å². The summed E-state index contributed by atoms with van der Waals surface area (Å²) in [4.78, 5) is 34.1. The molecule has 32 heteroatoms. The molecule has 6 heterocycles. The summed E-state index contributed by atoms with van der Waals surface area (Å²) >= 11 is 0. The molecule has 8 fully saturated rings. The first-order chi connectivity index (χ1) is 38.0. The number of hydrogen-bond donors (Lipinski definition) is 18. The molecule has 0 radical (unpaired) electrons. The highest BCUT2D eigenvalue weighted by molar-refractivity contribution is 5.84. The summed E-state index contributed by atoms with van der Waals surface area (Å²) in [5, 5.41) is 88.0. The molecule has 6 aliphatic heterocycles. The van der Waals surface area contributed by atoms with Crippen molar-refractivity contribution in [3.63, 3.8) is 0 Å². The van der Waals surface area contributed by atoms with Crippen LogP contribution in [0.3, 0.4) is 0 Å². The molecule has 28 unspecified atom stereocenters. The molecular weight excluding hydrogens is 1060 g/mol. The van der Waals surface area contributed by atoms with Gasteiger partial charge in [-0.25, -0.2) is 0 Å². The van der Waals surface area contributed by atoms with E-state index < -0.39 is 171 Å². The average molecular weight is 1150 g/mol. The van der Waals surface area contributed by atoms with E-state index in [1.807, 2.05) is 9.80 Å².